The van der Waals surface area contributed by atoms with Gasteiger partial charge in [0.15, 0.2) is 6.29 Å². The van der Waals surface area contributed by atoms with Gasteiger partial charge < -0.3 is 30.1 Å². The molecular weight excluding hydrogens is 314 g/mol. The minimum atomic E-state index is -1.27. The Morgan fingerprint density at radius 3 is 2.29 bits per heavy atom. The molecule has 142 valence electrons. The van der Waals surface area contributed by atoms with E-state index in [0.29, 0.717) is 6.61 Å². The van der Waals surface area contributed by atoms with Crippen molar-refractivity contribution >= 4 is 5.91 Å². The molecule has 0 spiro atoms. The minimum absolute atomic E-state index is 0.346. The third kappa shape index (κ3) is 7.03. The number of nitrogens with one attached hydrogen (secondary N) is 1. The second-order valence-electron chi connectivity index (χ2n) is 6.43. The largest absolute Gasteiger partial charge is 0.394 e. The molecule has 5 atom stereocenters. The minimum Gasteiger partial charge on any atom is -0.394 e. The highest BCUT2D eigenvalue weighted by molar-refractivity contribution is 5.73. The van der Waals surface area contributed by atoms with E-state index < -0.39 is 37.3 Å². The second kappa shape index (κ2) is 11.8. The molecule has 24 heavy (non-hydrogen) atoms. The molecule has 1 aliphatic rings. The first kappa shape index (κ1) is 21.3. The van der Waals surface area contributed by atoms with Gasteiger partial charge in [-0.1, -0.05) is 45.4 Å². The molecule has 4 N–H and O–H groups in total. The topological polar surface area (TPSA) is 108 Å². The average molecular weight is 347 g/mol. The highest BCUT2D eigenvalue weighted by Gasteiger charge is 2.45. The lowest BCUT2D eigenvalue weighted by Gasteiger charge is -2.42. The summed E-state index contributed by atoms with van der Waals surface area (Å²) >= 11 is 0. The Labute approximate surface area is 144 Å². The lowest BCUT2D eigenvalue weighted by molar-refractivity contribution is -0.270. The first-order chi connectivity index (χ1) is 11.5. The monoisotopic (exact) mass is 347 g/mol. The molecule has 0 saturated carbocycles. The predicted octanol–water partition coefficient (Wildman–Crippen LogP) is 0.697. The van der Waals surface area contributed by atoms with Gasteiger partial charge in [0.2, 0.25) is 5.91 Å². The van der Waals surface area contributed by atoms with Crippen molar-refractivity contribution in [1.82, 2.24) is 5.32 Å². The van der Waals surface area contributed by atoms with Crippen LogP contribution in [-0.2, 0) is 14.3 Å². The zero-order valence-corrected chi connectivity index (χ0v) is 14.8. The van der Waals surface area contributed by atoms with E-state index in [0.717, 1.165) is 19.3 Å². The van der Waals surface area contributed by atoms with Gasteiger partial charge in [-0.2, -0.15) is 0 Å². The Kier molecular flexibility index (Phi) is 10.4. The summed E-state index contributed by atoms with van der Waals surface area (Å²) in [5.41, 5.74) is 0. The quantitative estimate of drug-likeness (QED) is 0.410. The van der Waals surface area contributed by atoms with Crippen LogP contribution < -0.4 is 5.32 Å². The van der Waals surface area contributed by atoms with E-state index >= 15 is 0 Å². The Hall–Kier alpha value is -0.730. The number of carbonyl (C=O) groups excluding carboxylic acids is 1. The van der Waals surface area contributed by atoms with Gasteiger partial charge in [-0.25, -0.2) is 0 Å². The molecule has 7 nitrogen and oxygen atoms in total. The van der Waals surface area contributed by atoms with Gasteiger partial charge in [0.05, 0.1) is 6.61 Å². The molecule has 1 aliphatic heterocycles. The van der Waals surface area contributed by atoms with Gasteiger partial charge in [-0.05, 0) is 6.42 Å². The van der Waals surface area contributed by atoms with Crippen molar-refractivity contribution in [3.63, 3.8) is 0 Å². The van der Waals surface area contributed by atoms with Crippen molar-refractivity contribution in [2.75, 3.05) is 13.2 Å². The molecule has 1 heterocycles. The summed E-state index contributed by atoms with van der Waals surface area (Å²) in [7, 11) is 0. The third-order valence-corrected chi connectivity index (χ3v) is 4.28. The van der Waals surface area contributed by atoms with Crippen LogP contribution in [0.3, 0.4) is 0 Å². The van der Waals surface area contributed by atoms with Gasteiger partial charge >= 0.3 is 0 Å². The van der Waals surface area contributed by atoms with E-state index in [9.17, 15) is 20.1 Å². The van der Waals surface area contributed by atoms with Crippen LogP contribution in [0.25, 0.3) is 0 Å². The van der Waals surface area contributed by atoms with Gasteiger partial charge in [-0.15, -0.1) is 0 Å². The van der Waals surface area contributed by atoms with Crippen LogP contribution in [-0.4, -0.2) is 65.1 Å². The van der Waals surface area contributed by atoms with Gasteiger partial charge in [0, 0.05) is 13.5 Å². The number of carbonyl (C=O) groups is 1. The summed E-state index contributed by atoms with van der Waals surface area (Å²) in [6.07, 6.45) is 3.72. The maximum absolute atomic E-state index is 11.3. The highest BCUT2D eigenvalue weighted by Crippen LogP contribution is 2.22. The summed E-state index contributed by atoms with van der Waals surface area (Å²) < 4.78 is 11.2. The standard InChI is InChI=1S/C17H33NO6/c1-3-4-5-6-7-8-9-10-23-17-14(18-12(2)20)16(22)15(21)13(11-19)24-17/h13-17,19,21-22H,3-11H2,1-2H3,(H,18,20)/t13-,14+,15+,16+,17-/m1/s1. The fourth-order valence-corrected chi connectivity index (χ4v) is 2.87. The zero-order chi connectivity index (χ0) is 17.9. The number of aliphatic hydroxyl groups is 3. The first-order valence-corrected chi connectivity index (χ1v) is 9.02. The van der Waals surface area contributed by atoms with Crippen LogP contribution in [0.4, 0.5) is 0 Å². The van der Waals surface area contributed by atoms with Crippen LogP contribution >= 0.6 is 0 Å². The van der Waals surface area contributed by atoms with Crippen molar-refractivity contribution < 1.29 is 29.6 Å². The van der Waals surface area contributed by atoms with E-state index in [1.54, 1.807) is 0 Å². The van der Waals surface area contributed by atoms with E-state index in [-0.39, 0.29) is 5.91 Å². The zero-order valence-electron chi connectivity index (χ0n) is 14.8. The Morgan fingerprint density at radius 2 is 1.71 bits per heavy atom. The average Bonchev–Trinajstić information content (AvgIpc) is 2.55. The smallest absolute Gasteiger partial charge is 0.217 e. The van der Waals surface area contributed by atoms with Crippen LogP contribution in [0, 0.1) is 0 Å². The molecule has 0 aliphatic carbocycles. The number of hydrogen-bond acceptors (Lipinski definition) is 6. The maximum Gasteiger partial charge on any atom is 0.217 e. The number of aliphatic hydroxyl groups excluding tert-OH is 3. The first-order valence-electron chi connectivity index (χ1n) is 9.02. The molecule has 0 unspecified atom stereocenters. The normalized spacial score (nSPS) is 30.3. The lowest BCUT2D eigenvalue weighted by atomic mass is 9.97. The fraction of sp³-hybridized carbons (Fsp3) is 0.941. The number of rotatable bonds is 11. The van der Waals surface area contributed by atoms with Crippen LogP contribution in [0.2, 0.25) is 0 Å². The van der Waals surface area contributed by atoms with Crippen molar-refractivity contribution in [2.45, 2.75) is 89.4 Å². The summed E-state index contributed by atoms with van der Waals surface area (Å²) in [4.78, 5) is 11.3. The van der Waals surface area contributed by atoms with E-state index in [1.165, 1.54) is 32.6 Å². The molecule has 0 aromatic rings. The third-order valence-electron chi connectivity index (χ3n) is 4.28. The molecule has 0 aromatic carbocycles. The molecule has 1 rings (SSSR count). The number of unbranched alkanes of at least 4 members (excludes halogenated alkanes) is 6. The van der Waals surface area contributed by atoms with Crippen molar-refractivity contribution in [2.24, 2.45) is 0 Å². The van der Waals surface area contributed by atoms with E-state index in [1.807, 2.05) is 0 Å². The summed E-state index contributed by atoms with van der Waals surface area (Å²) in [6.45, 7) is 3.52. The van der Waals surface area contributed by atoms with Crippen molar-refractivity contribution in [1.29, 1.82) is 0 Å². The Morgan fingerprint density at radius 1 is 1.08 bits per heavy atom. The highest BCUT2D eigenvalue weighted by atomic mass is 16.7. The molecule has 1 fully saturated rings. The van der Waals surface area contributed by atoms with E-state index in [4.69, 9.17) is 9.47 Å². The lowest BCUT2D eigenvalue weighted by Crippen LogP contribution is -2.64. The molecule has 1 saturated heterocycles. The second-order valence-corrected chi connectivity index (χ2v) is 6.43. The summed E-state index contributed by atoms with van der Waals surface area (Å²) in [6, 6.07) is -0.857. The van der Waals surface area contributed by atoms with Gasteiger partial charge in [0.1, 0.15) is 24.4 Å². The number of amides is 1. The van der Waals surface area contributed by atoms with Crippen molar-refractivity contribution in [3.8, 4) is 0 Å². The maximum atomic E-state index is 11.3. The summed E-state index contributed by atoms with van der Waals surface area (Å²) in [5.74, 6) is -0.346. The SMILES string of the molecule is CCCCCCCCCO[C@@H]1O[C@H](CO)[C@H](O)[C@@H](O)[C@@H]1NC(C)=O. The summed E-state index contributed by atoms with van der Waals surface area (Å²) in [5, 5.41) is 31.8. The van der Waals surface area contributed by atoms with Crippen LogP contribution in [0.5, 0.6) is 0 Å². The van der Waals surface area contributed by atoms with Crippen LogP contribution in [0.1, 0.15) is 58.8 Å². The Balaban J connectivity index is 2.39. The number of ether oxygens (including phenoxy) is 2. The van der Waals surface area contributed by atoms with Crippen molar-refractivity contribution in [3.05, 3.63) is 0 Å². The van der Waals surface area contributed by atoms with E-state index in [2.05, 4.69) is 12.2 Å². The molecule has 0 radical (unpaired) electrons. The Bertz CT molecular complexity index is 354. The van der Waals surface area contributed by atoms with Gasteiger partial charge in [0.25, 0.3) is 0 Å². The molecule has 0 bridgehead atoms. The molecule has 1 amide bonds. The number of hydrogen-bond donors (Lipinski definition) is 4. The molecular formula is C17H33NO6. The predicted molar refractivity (Wildman–Crippen MR) is 89.3 cm³/mol. The molecule has 0 aromatic heterocycles. The molecule has 7 heteroatoms. The van der Waals surface area contributed by atoms with Gasteiger partial charge in [-0.3, -0.25) is 4.79 Å². The van der Waals surface area contributed by atoms with Crippen LogP contribution in [0.15, 0.2) is 0 Å². The fourth-order valence-electron chi connectivity index (χ4n) is 2.87.